The summed E-state index contributed by atoms with van der Waals surface area (Å²) in [5.74, 6) is 0.343. The molecule has 14 heavy (non-hydrogen) atoms. The number of sulfone groups is 1. The Morgan fingerprint density at radius 2 is 2.14 bits per heavy atom. The summed E-state index contributed by atoms with van der Waals surface area (Å²) >= 11 is 0. The van der Waals surface area contributed by atoms with E-state index in [1.54, 1.807) is 0 Å². The molecule has 1 N–H and O–H groups in total. The predicted molar refractivity (Wildman–Crippen MR) is 54.7 cm³/mol. The van der Waals surface area contributed by atoms with Crippen molar-refractivity contribution in [1.82, 2.24) is 5.32 Å². The van der Waals surface area contributed by atoms with Crippen molar-refractivity contribution >= 4 is 15.7 Å². The van der Waals surface area contributed by atoms with Crippen molar-refractivity contribution in [2.75, 3.05) is 11.5 Å². The molecule has 1 fully saturated rings. The van der Waals surface area contributed by atoms with Gasteiger partial charge in [-0.3, -0.25) is 4.79 Å². The van der Waals surface area contributed by atoms with Crippen LogP contribution in [-0.2, 0) is 14.6 Å². The molecule has 0 radical (unpaired) electrons. The van der Waals surface area contributed by atoms with E-state index in [1.165, 1.54) is 0 Å². The van der Waals surface area contributed by atoms with Crippen LogP contribution in [0.5, 0.6) is 0 Å². The summed E-state index contributed by atoms with van der Waals surface area (Å²) < 4.78 is 22.8. The topological polar surface area (TPSA) is 63.2 Å². The Morgan fingerprint density at radius 1 is 1.50 bits per heavy atom. The summed E-state index contributed by atoms with van der Waals surface area (Å²) in [6.45, 7) is 4.04. The minimum atomic E-state index is -3.03. The lowest BCUT2D eigenvalue weighted by Crippen LogP contribution is -2.37. The summed E-state index contributed by atoms with van der Waals surface area (Å²) in [4.78, 5) is 11.2. The first-order valence-electron chi connectivity index (χ1n) is 4.89. The van der Waals surface area contributed by atoms with Gasteiger partial charge in [-0.25, -0.2) is 8.42 Å². The number of carbonyl (C=O) groups excluding carboxylic acids is 1. The van der Waals surface area contributed by atoms with Crippen LogP contribution in [0.4, 0.5) is 0 Å². The molecule has 1 aliphatic rings. The van der Waals surface area contributed by atoms with Gasteiger partial charge in [0, 0.05) is 12.5 Å². The van der Waals surface area contributed by atoms with Crippen LogP contribution in [0, 0.1) is 5.92 Å². The van der Waals surface area contributed by atoms with Crippen LogP contribution in [0.2, 0.25) is 0 Å². The zero-order valence-electron chi connectivity index (χ0n) is 8.62. The van der Waals surface area contributed by atoms with Gasteiger partial charge in [0.15, 0.2) is 9.84 Å². The number of hydrogen-bond acceptors (Lipinski definition) is 3. The van der Waals surface area contributed by atoms with E-state index in [-0.39, 0.29) is 29.9 Å². The molecule has 0 saturated carbocycles. The zero-order chi connectivity index (χ0) is 10.8. The lowest BCUT2D eigenvalue weighted by Gasteiger charge is -2.17. The maximum Gasteiger partial charge on any atom is 0.221 e. The Kier molecular flexibility index (Phi) is 3.53. The number of nitrogens with one attached hydrogen (secondary N) is 1. The van der Waals surface area contributed by atoms with E-state index in [0.717, 1.165) is 6.42 Å². The average Bonchev–Trinajstić information content (AvgIpc) is 2.08. The molecule has 1 heterocycles. The maximum absolute atomic E-state index is 11.4. The predicted octanol–water partition coefficient (Wildman–Crippen LogP) is 0.336. The SMILES string of the molecule is CC(C)CC1CS(=O)(=O)CCC(=O)N1. The molecular weight excluding hydrogens is 202 g/mol. The van der Waals surface area contributed by atoms with Crippen molar-refractivity contribution in [3.63, 3.8) is 0 Å². The molecular formula is C9H17NO3S. The van der Waals surface area contributed by atoms with E-state index < -0.39 is 9.84 Å². The van der Waals surface area contributed by atoms with Gasteiger partial charge in [0.1, 0.15) is 0 Å². The fourth-order valence-corrected chi connectivity index (χ4v) is 3.17. The van der Waals surface area contributed by atoms with Gasteiger partial charge < -0.3 is 5.32 Å². The number of carbonyl (C=O) groups is 1. The highest BCUT2D eigenvalue weighted by Gasteiger charge is 2.26. The van der Waals surface area contributed by atoms with Crippen molar-refractivity contribution in [2.45, 2.75) is 32.7 Å². The molecule has 0 bridgehead atoms. The third-order valence-electron chi connectivity index (χ3n) is 2.22. The molecule has 0 aliphatic carbocycles. The molecule has 1 saturated heterocycles. The Morgan fingerprint density at radius 3 is 2.71 bits per heavy atom. The minimum absolute atomic E-state index is 0.00652. The summed E-state index contributed by atoms with van der Waals surface area (Å²) in [6.07, 6.45) is 0.835. The van der Waals surface area contributed by atoms with Gasteiger partial charge in [-0.15, -0.1) is 0 Å². The van der Waals surface area contributed by atoms with E-state index in [2.05, 4.69) is 5.32 Å². The van der Waals surface area contributed by atoms with Gasteiger partial charge in [-0.05, 0) is 12.3 Å². The standard InChI is InChI=1S/C9H17NO3S/c1-7(2)5-8-6-14(12,13)4-3-9(11)10-8/h7-8H,3-6H2,1-2H3,(H,10,11). The Labute approximate surface area is 85.0 Å². The number of hydrogen-bond donors (Lipinski definition) is 1. The first-order chi connectivity index (χ1) is 6.39. The van der Waals surface area contributed by atoms with E-state index in [4.69, 9.17) is 0 Å². The van der Waals surface area contributed by atoms with E-state index in [0.29, 0.717) is 5.92 Å². The molecule has 0 spiro atoms. The quantitative estimate of drug-likeness (QED) is 0.728. The smallest absolute Gasteiger partial charge is 0.221 e. The van der Waals surface area contributed by atoms with Crippen molar-refractivity contribution in [2.24, 2.45) is 5.92 Å². The van der Waals surface area contributed by atoms with Crippen molar-refractivity contribution < 1.29 is 13.2 Å². The first kappa shape index (κ1) is 11.5. The fraction of sp³-hybridized carbons (Fsp3) is 0.889. The van der Waals surface area contributed by atoms with Crippen molar-refractivity contribution in [3.05, 3.63) is 0 Å². The molecule has 1 rings (SSSR count). The monoisotopic (exact) mass is 219 g/mol. The molecule has 0 aromatic carbocycles. The van der Waals surface area contributed by atoms with E-state index >= 15 is 0 Å². The van der Waals surface area contributed by atoms with E-state index in [9.17, 15) is 13.2 Å². The molecule has 1 unspecified atom stereocenters. The highest BCUT2D eigenvalue weighted by molar-refractivity contribution is 7.91. The molecule has 82 valence electrons. The molecule has 0 aromatic heterocycles. The minimum Gasteiger partial charge on any atom is -0.352 e. The third kappa shape index (κ3) is 3.65. The number of rotatable bonds is 2. The van der Waals surface area contributed by atoms with Crippen LogP contribution in [0.1, 0.15) is 26.7 Å². The Balaban J connectivity index is 2.69. The second-order valence-corrected chi connectivity index (χ2v) is 6.49. The highest BCUT2D eigenvalue weighted by atomic mass is 32.2. The number of amides is 1. The summed E-state index contributed by atoms with van der Waals surface area (Å²) in [5, 5.41) is 2.75. The van der Waals surface area contributed by atoms with Crippen LogP contribution >= 0.6 is 0 Å². The molecule has 5 heteroatoms. The largest absolute Gasteiger partial charge is 0.352 e. The molecule has 1 atom stereocenters. The van der Waals surface area contributed by atoms with Gasteiger partial charge >= 0.3 is 0 Å². The maximum atomic E-state index is 11.4. The van der Waals surface area contributed by atoms with Gasteiger partial charge in [0.25, 0.3) is 0 Å². The Bertz CT molecular complexity index is 308. The van der Waals surface area contributed by atoms with Gasteiger partial charge in [0.05, 0.1) is 11.5 Å². The van der Waals surface area contributed by atoms with Crippen molar-refractivity contribution in [3.8, 4) is 0 Å². The highest BCUT2D eigenvalue weighted by Crippen LogP contribution is 2.11. The summed E-state index contributed by atoms with van der Waals surface area (Å²) in [5.41, 5.74) is 0. The molecule has 1 aliphatic heterocycles. The van der Waals surface area contributed by atoms with E-state index in [1.807, 2.05) is 13.8 Å². The van der Waals surface area contributed by atoms with Gasteiger partial charge in [-0.2, -0.15) is 0 Å². The second kappa shape index (κ2) is 4.29. The second-order valence-electron chi connectivity index (χ2n) is 4.26. The molecule has 1 amide bonds. The van der Waals surface area contributed by atoms with Crippen LogP contribution in [0.3, 0.4) is 0 Å². The lowest BCUT2D eigenvalue weighted by atomic mass is 10.1. The van der Waals surface area contributed by atoms with Crippen LogP contribution < -0.4 is 5.32 Å². The first-order valence-corrected chi connectivity index (χ1v) is 6.71. The van der Waals surface area contributed by atoms with Crippen molar-refractivity contribution in [1.29, 1.82) is 0 Å². The van der Waals surface area contributed by atoms with Gasteiger partial charge in [0.2, 0.25) is 5.91 Å². The molecule has 4 nitrogen and oxygen atoms in total. The summed E-state index contributed by atoms with van der Waals surface area (Å²) in [7, 11) is -3.03. The zero-order valence-corrected chi connectivity index (χ0v) is 9.43. The van der Waals surface area contributed by atoms with Gasteiger partial charge in [-0.1, -0.05) is 13.8 Å². The third-order valence-corrected chi connectivity index (χ3v) is 3.95. The van der Waals surface area contributed by atoms with Crippen LogP contribution in [0.25, 0.3) is 0 Å². The Hall–Kier alpha value is -0.580. The normalized spacial score (nSPS) is 27.1. The average molecular weight is 219 g/mol. The summed E-state index contributed by atoms with van der Waals surface area (Å²) in [6, 6.07) is -0.199. The molecule has 0 aromatic rings. The lowest BCUT2D eigenvalue weighted by molar-refractivity contribution is -0.121. The van der Waals surface area contributed by atoms with Crippen LogP contribution in [0.15, 0.2) is 0 Å². The fourth-order valence-electron chi connectivity index (χ4n) is 1.68. The van der Waals surface area contributed by atoms with Crippen LogP contribution in [-0.4, -0.2) is 31.9 Å².